The molecule has 90 valence electrons. The number of aromatic nitrogens is 1. The van der Waals surface area contributed by atoms with E-state index in [9.17, 15) is 0 Å². The number of rotatable bonds is 4. The van der Waals surface area contributed by atoms with Crippen LogP contribution in [-0.4, -0.2) is 11.0 Å². The van der Waals surface area contributed by atoms with Crippen molar-refractivity contribution >= 4 is 10.8 Å². The van der Waals surface area contributed by atoms with Crippen molar-refractivity contribution in [2.75, 3.05) is 0 Å². The van der Waals surface area contributed by atoms with Gasteiger partial charge >= 0.3 is 0 Å². The van der Waals surface area contributed by atoms with Gasteiger partial charge in [-0.15, -0.1) is 0 Å². The lowest BCUT2D eigenvalue weighted by Gasteiger charge is -2.15. The molecule has 2 nitrogen and oxygen atoms in total. The normalized spacial score (nSPS) is 13.2. The molecule has 2 aromatic rings. The second kappa shape index (κ2) is 5.28. The maximum absolute atomic E-state index is 6.10. The van der Waals surface area contributed by atoms with Crippen LogP contribution in [0.1, 0.15) is 25.8 Å². The van der Waals surface area contributed by atoms with Crippen LogP contribution in [0.4, 0.5) is 0 Å². The summed E-state index contributed by atoms with van der Waals surface area (Å²) in [7, 11) is 0. The zero-order valence-corrected chi connectivity index (χ0v) is 10.6. The number of hydrogen-bond acceptors (Lipinski definition) is 2. The van der Waals surface area contributed by atoms with E-state index in [0.29, 0.717) is 5.92 Å². The van der Waals surface area contributed by atoms with Crippen LogP contribution in [-0.2, 0) is 6.42 Å². The van der Waals surface area contributed by atoms with Gasteiger partial charge in [-0.1, -0.05) is 32.0 Å². The first-order chi connectivity index (χ1) is 8.18. The zero-order valence-electron chi connectivity index (χ0n) is 10.6. The molecule has 0 aliphatic carbocycles. The second-order valence-corrected chi connectivity index (χ2v) is 4.96. The van der Waals surface area contributed by atoms with Crippen molar-refractivity contribution in [1.29, 1.82) is 0 Å². The molecule has 1 unspecified atom stereocenters. The number of nitrogens with two attached hydrogens (primary N) is 1. The molecule has 17 heavy (non-hydrogen) atoms. The van der Waals surface area contributed by atoms with E-state index in [1.807, 2.05) is 12.4 Å². The van der Waals surface area contributed by atoms with E-state index in [1.54, 1.807) is 0 Å². The van der Waals surface area contributed by atoms with Gasteiger partial charge in [-0.3, -0.25) is 4.98 Å². The minimum absolute atomic E-state index is 0.284. The summed E-state index contributed by atoms with van der Waals surface area (Å²) in [5.74, 6) is 0.548. The maximum atomic E-state index is 6.10. The molecule has 0 saturated heterocycles. The summed E-state index contributed by atoms with van der Waals surface area (Å²) in [5.41, 5.74) is 7.47. The third-order valence-corrected chi connectivity index (χ3v) is 3.37. The number of benzene rings is 1. The number of fused-ring (bicyclic) bond motifs is 1. The Morgan fingerprint density at radius 3 is 2.82 bits per heavy atom. The van der Waals surface area contributed by atoms with Gasteiger partial charge in [0.15, 0.2) is 0 Å². The van der Waals surface area contributed by atoms with E-state index in [1.165, 1.54) is 16.3 Å². The van der Waals surface area contributed by atoms with Crippen molar-refractivity contribution in [3.63, 3.8) is 0 Å². The standard InChI is InChI=1S/C15H20N2/c1-11(2)15(16)7-6-12-4-3-5-13-10-17-9-8-14(12)13/h3-5,8-11,15H,6-7,16H2,1-2H3. The number of pyridine rings is 1. The quantitative estimate of drug-likeness (QED) is 0.873. The minimum Gasteiger partial charge on any atom is -0.327 e. The van der Waals surface area contributed by atoms with Gasteiger partial charge in [0.2, 0.25) is 0 Å². The molecular formula is C15H20N2. The predicted octanol–water partition coefficient (Wildman–Crippen LogP) is 3.15. The Kier molecular flexibility index (Phi) is 3.75. The molecule has 0 bridgehead atoms. The molecule has 0 fully saturated rings. The molecular weight excluding hydrogens is 208 g/mol. The Hall–Kier alpha value is -1.41. The fraction of sp³-hybridized carbons (Fsp3) is 0.400. The lowest BCUT2D eigenvalue weighted by atomic mass is 9.95. The molecule has 2 rings (SSSR count). The summed E-state index contributed by atoms with van der Waals surface area (Å²) >= 11 is 0. The Bertz CT molecular complexity index is 486. The molecule has 1 aromatic carbocycles. The third-order valence-electron chi connectivity index (χ3n) is 3.37. The van der Waals surface area contributed by atoms with Gasteiger partial charge < -0.3 is 5.73 Å². The molecule has 0 amide bonds. The summed E-state index contributed by atoms with van der Waals surface area (Å²) < 4.78 is 0. The van der Waals surface area contributed by atoms with Gasteiger partial charge in [0, 0.05) is 23.8 Å². The summed E-state index contributed by atoms with van der Waals surface area (Å²) in [6.45, 7) is 4.36. The summed E-state index contributed by atoms with van der Waals surface area (Å²) in [4.78, 5) is 4.15. The van der Waals surface area contributed by atoms with Crippen molar-refractivity contribution < 1.29 is 0 Å². The van der Waals surface area contributed by atoms with Crippen LogP contribution in [0.2, 0.25) is 0 Å². The van der Waals surface area contributed by atoms with Gasteiger partial charge in [0.05, 0.1) is 0 Å². The molecule has 0 saturated carbocycles. The summed E-state index contributed by atoms with van der Waals surface area (Å²) in [5, 5.41) is 2.52. The molecule has 0 spiro atoms. The van der Waals surface area contributed by atoms with Gasteiger partial charge in [0.25, 0.3) is 0 Å². The van der Waals surface area contributed by atoms with E-state index in [2.05, 4.69) is 43.1 Å². The first-order valence-corrected chi connectivity index (χ1v) is 6.25. The average Bonchev–Trinajstić information content (AvgIpc) is 2.35. The topological polar surface area (TPSA) is 38.9 Å². The molecule has 0 radical (unpaired) electrons. The molecule has 0 aliphatic heterocycles. The first-order valence-electron chi connectivity index (χ1n) is 6.25. The van der Waals surface area contributed by atoms with Crippen molar-refractivity contribution in [1.82, 2.24) is 4.98 Å². The van der Waals surface area contributed by atoms with Crippen molar-refractivity contribution in [2.45, 2.75) is 32.7 Å². The van der Waals surface area contributed by atoms with Gasteiger partial charge in [-0.2, -0.15) is 0 Å². The largest absolute Gasteiger partial charge is 0.327 e. The minimum atomic E-state index is 0.284. The van der Waals surface area contributed by atoms with E-state index in [-0.39, 0.29) is 6.04 Å². The fourth-order valence-electron chi connectivity index (χ4n) is 2.06. The predicted molar refractivity (Wildman–Crippen MR) is 72.9 cm³/mol. The number of nitrogens with zero attached hydrogens (tertiary/aromatic N) is 1. The van der Waals surface area contributed by atoms with Crippen LogP contribution < -0.4 is 5.73 Å². The molecule has 1 aromatic heterocycles. The Morgan fingerprint density at radius 1 is 1.24 bits per heavy atom. The molecule has 1 heterocycles. The highest BCUT2D eigenvalue weighted by atomic mass is 14.6. The lowest BCUT2D eigenvalue weighted by Crippen LogP contribution is -2.26. The van der Waals surface area contributed by atoms with Crippen molar-refractivity contribution in [3.05, 3.63) is 42.2 Å². The number of aryl methyl sites for hydroxylation is 1. The van der Waals surface area contributed by atoms with E-state index >= 15 is 0 Å². The van der Waals surface area contributed by atoms with Gasteiger partial charge in [-0.25, -0.2) is 0 Å². The summed E-state index contributed by atoms with van der Waals surface area (Å²) in [6.07, 6.45) is 5.86. The highest BCUT2D eigenvalue weighted by molar-refractivity contribution is 5.84. The van der Waals surface area contributed by atoms with Crippen molar-refractivity contribution in [2.24, 2.45) is 11.7 Å². The smallest absolute Gasteiger partial charge is 0.0346 e. The molecule has 2 N–H and O–H groups in total. The molecule has 0 aliphatic rings. The first kappa shape index (κ1) is 12.1. The Morgan fingerprint density at radius 2 is 2.06 bits per heavy atom. The SMILES string of the molecule is CC(C)C(N)CCc1cccc2cnccc12. The van der Waals surface area contributed by atoms with Crippen LogP contribution >= 0.6 is 0 Å². The highest BCUT2D eigenvalue weighted by Gasteiger charge is 2.08. The van der Waals surface area contributed by atoms with E-state index in [0.717, 1.165) is 12.8 Å². The lowest BCUT2D eigenvalue weighted by molar-refractivity contribution is 0.465. The Labute approximate surface area is 103 Å². The van der Waals surface area contributed by atoms with Crippen LogP contribution in [0.3, 0.4) is 0 Å². The van der Waals surface area contributed by atoms with Crippen LogP contribution in [0, 0.1) is 5.92 Å². The maximum Gasteiger partial charge on any atom is 0.0346 e. The summed E-state index contributed by atoms with van der Waals surface area (Å²) in [6, 6.07) is 8.77. The monoisotopic (exact) mass is 228 g/mol. The zero-order chi connectivity index (χ0) is 12.3. The second-order valence-electron chi connectivity index (χ2n) is 4.96. The molecule has 2 heteroatoms. The van der Waals surface area contributed by atoms with Crippen LogP contribution in [0.5, 0.6) is 0 Å². The van der Waals surface area contributed by atoms with Crippen LogP contribution in [0.25, 0.3) is 10.8 Å². The number of hydrogen-bond donors (Lipinski definition) is 1. The fourth-order valence-corrected chi connectivity index (χ4v) is 2.06. The van der Waals surface area contributed by atoms with E-state index in [4.69, 9.17) is 5.73 Å². The highest BCUT2D eigenvalue weighted by Crippen LogP contribution is 2.19. The molecule has 1 atom stereocenters. The average molecular weight is 228 g/mol. The van der Waals surface area contributed by atoms with Crippen molar-refractivity contribution in [3.8, 4) is 0 Å². The van der Waals surface area contributed by atoms with Gasteiger partial charge in [0.1, 0.15) is 0 Å². The van der Waals surface area contributed by atoms with E-state index < -0.39 is 0 Å². The van der Waals surface area contributed by atoms with Gasteiger partial charge in [-0.05, 0) is 35.8 Å². The van der Waals surface area contributed by atoms with Crippen LogP contribution in [0.15, 0.2) is 36.7 Å². The Balaban J connectivity index is 2.19. The third kappa shape index (κ3) is 2.83.